The summed E-state index contributed by atoms with van der Waals surface area (Å²) in [5.74, 6) is 0.424. The molecule has 0 radical (unpaired) electrons. The average molecular weight is 428 g/mol. The first-order valence-electron chi connectivity index (χ1n) is 10.4. The summed E-state index contributed by atoms with van der Waals surface area (Å²) in [6.07, 6.45) is 1.59. The minimum atomic E-state index is -0.197. The topological polar surface area (TPSA) is 71.3 Å². The fourth-order valence-corrected chi connectivity index (χ4v) is 3.59. The van der Waals surface area contributed by atoms with E-state index in [0.717, 1.165) is 16.6 Å². The fourth-order valence-electron chi connectivity index (χ4n) is 3.59. The summed E-state index contributed by atoms with van der Waals surface area (Å²) in [4.78, 5) is 37.9. The highest BCUT2D eigenvalue weighted by atomic mass is 16.2. The number of benzene rings is 2. The summed E-state index contributed by atoms with van der Waals surface area (Å²) in [5, 5.41) is 0. The van der Waals surface area contributed by atoms with Crippen molar-refractivity contribution < 1.29 is 9.59 Å². The average Bonchev–Trinajstić information content (AvgIpc) is 3.16. The van der Waals surface area contributed by atoms with Gasteiger partial charge in [-0.1, -0.05) is 48.5 Å². The molecule has 2 aromatic heterocycles. The zero-order chi connectivity index (χ0) is 22.5. The fraction of sp³-hybridized carbons (Fsp3) is 0.200. The molecule has 0 spiro atoms. The molecule has 32 heavy (non-hydrogen) atoms. The number of likely N-dealkylation sites (N-methyl/N-ethyl adjacent to an activating group) is 1. The van der Waals surface area contributed by atoms with E-state index < -0.39 is 0 Å². The van der Waals surface area contributed by atoms with Crippen LogP contribution in [0.5, 0.6) is 0 Å². The van der Waals surface area contributed by atoms with E-state index in [4.69, 9.17) is 4.98 Å². The lowest BCUT2D eigenvalue weighted by atomic mass is 10.2. The van der Waals surface area contributed by atoms with Crippen molar-refractivity contribution in [2.75, 3.05) is 14.1 Å². The van der Waals surface area contributed by atoms with Crippen molar-refractivity contribution in [3.63, 3.8) is 0 Å². The summed E-state index contributed by atoms with van der Waals surface area (Å²) < 4.78 is 1.89. The summed E-state index contributed by atoms with van der Waals surface area (Å²) in [7, 11) is 3.51. The number of hydrogen-bond acceptors (Lipinski definition) is 4. The Kier molecular flexibility index (Phi) is 6.26. The third-order valence-electron chi connectivity index (χ3n) is 5.32. The molecule has 0 aliphatic rings. The van der Waals surface area contributed by atoms with Gasteiger partial charge in [-0.15, -0.1) is 0 Å². The van der Waals surface area contributed by atoms with Gasteiger partial charge >= 0.3 is 0 Å². The molecule has 7 heteroatoms. The number of para-hydroxylation sites is 2. The van der Waals surface area contributed by atoms with Gasteiger partial charge in [0, 0.05) is 26.8 Å². The molecule has 0 fully saturated rings. The molecule has 0 unspecified atom stereocenters. The number of carbonyl (C=O) groups excluding carboxylic acids is 2. The van der Waals surface area contributed by atoms with Gasteiger partial charge in [-0.05, 0) is 29.8 Å². The first kappa shape index (κ1) is 21.2. The van der Waals surface area contributed by atoms with Gasteiger partial charge in [-0.3, -0.25) is 14.6 Å². The quantitative estimate of drug-likeness (QED) is 0.453. The van der Waals surface area contributed by atoms with Gasteiger partial charge in [0.25, 0.3) is 5.91 Å². The number of amides is 2. The van der Waals surface area contributed by atoms with E-state index >= 15 is 0 Å². The van der Waals surface area contributed by atoms with Crippen molar-refractivity contribution in [3.8, 4) is 0 Å². The monoisotopic (exact) mass is 427 g/mol. The summed E-state index contributed by atoms with van der Waals surface area (Å²) in [5.41, 5.74) is 3.10. The van der Waals surface area contributed by atoms with Crippen LogP contribution in [-0.4, -0.2) is 50.2 Å². The van der Waals surface area contributed by atoms with Gasteiger partial charge in [0.1, 0.15) is 18.1 Å². The van der Waals surface area contributed by atoms with Crippen LogP contribution >= 0.6 is 0 Å². The highest BCUT2D eigenvalue weighted by Gasteiger charge is 2.20. The predicted molar refractivity (Wildman–Crippen MR) is 123 cm³/mol. The molecule has 0 saturated carbocycles. The smallest absolute Gasteiger partial charge is 0.272 e. The van der Waals surface area contributed by atoms with Crippen molar-refractivity contribution in [2.45, 2.75) is 19.6 Å². The van der Waals surface area contributed by atoms with Gasteiger partial charge in [-0.2, -0.15) is 0 Å². The van der Waals surface area contributed by atoms with Crippen LogP contribution in [0.4, 0.5) is 0 Å². The molecule has 0 bridgehead atoms. The van der Waals surface area contributed by atoms with E-state index in [1.54, 1.807) is 48.3 Å². The summed E-state index contributed by atoms with van der Waals surface area (Å²) in [6.45, 7) is 0.935. The number of aromatic nitrogens is 3. The molecule has 0 N–H and O–H groups in total. The number of hydrogen-bond donors (Lipinski definition) is 0. The Morgan fingerprint density at radius 1 is 0.844 bits per heavy atom. The lowest BCUT2D eigenvalue weighted by molar-refractivity contribution is -0.131. The first-order chi connectivity index (χ1) is 15.5. The van der Waals surface area contributed by atoms with Crippen LogP contribution in [0.25, 0.3) is 11.0 Å². The number of rotatable bonds is 7. The Balaban J connectivity index is 1.56. The van der Waals surface area contributed by atoms with E-state index in [2.05, 4.69) is 4.98 Å². The number of fused-ring (bicyclic) bond motifs is 1. The van der Waals surface area contributed by atoms with Gasteiger partial charge in [0.15, 0.2) is 0 Å². The van der Waals surface area contributed by atoms with Crippen LogP contribution in [0.1, 0.15) is 21.9 Å². The number of nitrogens with zero attached hydrogens (tertiary/aromatic N) is 5. The molecular weight excluding hydrogens is 402 g/mol. The lowest BCUT2D eigenvalue weighted by Gasteiger charge is -2.20. The van der Waals surface area contributed by atoms with Crippen molar-refractivity contribution in [2.24, 2.45) is 0 Å². The third kappa shape index (κ3) is 4.67. The maximum Gasteiger partial charge on any atom is 0.272 e. The lowest BCUT2D eigenvalue weighted by Crippen LogP contribution is -2.32. The van der Waals surface area contributed by atoms with Crippen molar-refractivity contribution >= 4 is 22.8 Å². The van der Waals surface area contributed by atoms with Crippen molar-refractivity contribution in [1.82, 2.24) is 24.3 Å². The third-order valence-corrected chi connectivity index (χ3v) is 5.32. The van der Waals surface area contributed by atoms with E-state index in [-0.39, 0.29) is 24.9 Å². The molecule has 4 rings (SSSR count). The molecule has 162 valence electrons. The molecule has 2 heterocycles. The maximum atomic E-state index is 13.0. The minimum absolute atomic E-state index is 0.0306. The normalized spacial score (nSPS) is 10.8. The standard InChI is InChI=1S/C25H25N5O2/c1-28(16-19-10-4-3-5-11-19)24(31)18-30-22-14-7-6-12-20(22)27-23(30)17-29(2)25(32)21-13-8-9-15-26-21/h3-15H,16-18H2,1-2H3. The van der Waals surface area contributed by atoms with Crippen LogP contribution in [0, 0.1) is 0 Å². The zero-order valence-corrected chi connectivity index (χ0v) is 18.2. The highest BCUT2D eigenvalue weighted by molar-refractivity contribution is 5.92. The van der Waals surface area contributed by atoms with Crippen LogP contribution in [0.3, 0.4) is 0 Å². The van der Waals surface area contributed by atoms with Crippen LogP contribution in [-0.2, 0) is 24.4 Å². The van der Waals surface area contributed by atoms with Crippen molar-refractivity contribution in [1.29, 1.82) is 0 Å². The second-order valence-corrected chi connectivity index (χ2v) is 7.71. The number of pyridine rings is 1. The maximum absolute atomic E-state index is 13.0. The SMILES string of the molecule is CN(Cc1ccccc1)C(=O)Cn1c(CN(C)C(=O)c2ccccn2)nc2ccccc21. The number of carbonyl (C=O) groups is 2. The molecule has 7 nitrogen and oxygen atoms in total. The Hall–Kier alpha value is -4.00. The summed E-state index contributed by atoms with van der Waals surface area (Å²) >= 11 is 0. The molecule has 2 amide bonds. The van der Waals surface area contributed by atoms with Gasteiger partial charge < -0.3 is 14.4 Å². The minimum Gasteiger partial charge on any atom is -0.340 e. The van der Waals surface area contributed by atoms with Crippen molar-refractivity contribution in [3.05, 3.63) is 96.1 Å². The molecule has 0 aliphatic heterocycles. The Bertz CT molecular complexity index is 1220. The number of imidazole rings is 1. The van der Waals surface area contributed by atoms with E-state index in [0.29, 0.717) is 18.1 Å². The van der Waals surface area contributed by atoms with E-state index in [1.165, 1.54) is 0 Å². The predicted octanol–water partition coefficient (Wildman–Crippen LogP) is 3.36. The largest absolute Gasteiger partial charge is 0.340 e. The molecule has 4 aromatic rings. The highest BCUT2D eigenvalue weighted by Crippen LogP contribution is 2.18. The van der Waals surface area contributed by atoms with E-state index in [9.17, 15) is 9.59 Å². The van der Waals surface area contributed by atoms with Crippen LogP contribution in [0.2, 0.25) is 0 Å². The Morgan fingerprint density at radius 3 is 2.31 bits per heavy atom. The van der Waals surface area contributed by atoms with Gasteiger partial charge in [0.2, 0.25) is 5.91 Å². The zero-order valence-electron chi connectivity index (χ0n) is 18.2. The summed E-state index contributed by atoms with van der Waals surface area (Å²) in [6, 6.07) is 22.8. The second kappa shape index (κ2) is 9.43. The second-order valence-electron chi connectivity index (χ2n) is 7.71. The molecule has 0 atom stereocenters. The molecule has 2 aromatic carbocycles. The van der Waals surface area contributed by atoms with E-state index in [1.807, 2.05) is 59.2 Å². The Morgan fingerprint density at radius 2 is 1.56 bits per heavy atom. The van der Waals surface area contributed by atoms with Crippen LogP contribution < -0.4 is 0 Å². The van der Waals surface area contributed by atoms with Crippen LogP contribution in [0.15, 0.2) is 79.0 Å². The molecule has 0 aliphatic carbocycles. The molecular formula is C25H25N5O2. The first-order valence-corrected chi connectivity index (χ1v) is 10.4. The Labute approximate surface area is 186 Å². The van der Waals surface area contributed by atoms with Gasteiger partial charge in [0.05, 0.1) is 17.6 Å². The van der Waals surface area contributed by atoms with Gasteiger partial charge in [-0.25, -0.2) is 4.98 Å². The molecule has 0 saturated heterocycles.